The lowest BCUT2D eigenvalue weighted by molar-refractivity contribution is -0.141. The lowest BCUT2D eigenvalue weighted by Gasteiger charge is -2.17. The molecule has 0 radical (unpaired) electrons. The van der Waals surface area contributed by atoms with Crippen molar-refractivity contribution in [1.82, 2.24) is 9.55 Å². The van der Waals surface area contributed by atoms with Crippen LogP contribution in [0.5, 0.6) is 23.3 Å². The quantitative estimate of drug-likeness (QED) is 0.329. The topological polar surface area (TPSA) is 71.8 Å². The zero-order chi connectivity index (χ0) is 24.8. The molecule has 0 N–H and O–H groups in total. The van der Waals surface area contributed by atoms with E-state index in [0.717, 1.165) is 22.2 Å². The predicted octanol–water partition coefficient (Wildman–Crippen LogP) is 5.61. The first-order chi connectivity index (χ1) is 17.5. The van der Waals surface area contributed by atoms with Crippen LogP contribution >= 0.6 is 0 Å². The first-order valence-corrected chi connectivity index (χ1v) is 11.9. The summed E-state index contributed by atoms with van der Waals surface area (Å²) in [5.41, 5.74) is 4.05. The number of carbonyl (C=O) groups is 1. The SMILES string of the molecule is COC(=O)CC1COc2cc(O[C@@H]3CCc4c(Oc5nc6ccccc6n5C)ccc(F)c43)ccc21. The number of esters is 1. The number of imidazole rings is 1. The van der Waals surface area contributed by atoms with E-state index in [4.69, 9.17) is 18.9 Å². The fourth-order valence-corrected chi connectivity index (χ4v) is 5.12. The van der Waals surface area contributed by atoms with Gasteiger partial charge in [-0.2, -0.15) is 4.98 Å². The number of aromatic nitrogens is 2. The Balaban J connectivity index is 1.24. The maximum absolute atomic E-state index is 15.0. The Morgan fingerprint density at radius 3 is 2.89 bits per heavy atom. The van der Waals surface area contributed by atoms with Gasteiger partial charge in [0, 0.05) is 35.7 Å². The number of hydrogen-bond donors (Lipinski definition) is 0. The van der Waals surface area contributed by atoms with Crippen molar-refractivity contribution in [2.75, 3.05) is 13.7 Å². The Kier molecular flexibility index (Phi) is 5.51. The molecule has 1 aliphatic carbocycles. The summed E-state index contributed by atoms with van der Waals surface area (Å²) in [6.45, 7) is 0.414. The molecule has 0 saturated heterocycles. The normalized spacial score (nSPS) is 18.0. The second-order valence-electron chi connectivity index (χ2n) is 9.11. The molecule has 2 heterocycles. The van der Waals surface area contributed by atoms with Crippen molar-refractivity contribution in [3.05, 3.63) is 77.1 Å². The molecule has 0 spiro atoms. The highest BCUT2D eigenvalue weighted by atomic mass is 19.1. The Morgan fingerprint density at radius 2 is 2.06 bits per heavy atom. The summed E-state index contributed by atoms with van der Waals surface area (Å²) in [6, 6.07) is 16.9. The van der Waals surface area contributed by atoms with Gasteiger partial charge in [-0.1, -0.05) is 18.2 Å². The molecule has 8 heteroatoms. The Morgan fingerprint density at radius 1 is 1.19 bits per heavy atom. The largest absolute Gasteiger partial charge is 0.492 e. The third kappa shape index (κ3) is 3.82. The number of rotatable bonds is 6. The van der Waals surface area contributed by atoms with Crippen molar-refractivity contribution in [3.8, 4) is 23.3 Å². The van der Waals surface area contributed by atoms with Gasteiger partial charge in [-0.15, -0.1) is 0 Å². The lowest BCUT2D eigenvalue weighted by Crippen LogP contribution is -2.09. The van der Waals surface area contributed by atoms with Gasteiger partial charge in [0.05, 0.1) is 31.2 Å². The second-order valence-corrected chi connectivity index (χ2v) is 9.11. The van der Waals surface area contributed by atoms with Crippen LogP contribution in [0, 0.1) is 5.82 Å². The third-order valence-corrected chi connectivity index (χ3v) is 6.97. The number of nitrogens with zero attached hydrogens (tertiary/aromatic N) is 2. The van der Waals surface area contributed by atoms with Crippen molar-refractivity contribution in [2.45, 2.75) is 31.3 Å². The van der Waals surface area contributed by atoms with Crippen LogP contribution in [0.15, 0.2) is 54.6 Å². The minimum atomic E-state index is -0.450. The van der Waals surface area contributed by atoms with Crippen LogP contribution in [0.2, 0.25) is 0 Å². The molecule has 1 aromatic heterocycles. The Bertz CT molecular complexity index is 1480. The van der Waals surface area contributed by atoms with Gasteiger partial charge in [0.1, 0.15) is 29.2 Å². The number of para-hydroxylation sites is 2. The van der Waals surface area contributed by atoms with Gasteiger partial charge in [0.2, 0.25) is 0 Å². The van der Waals surface area contributed by atoms with Gasteiger partial charge in [0.25, 0.3) is 0 Å². The maximum atomic E-state index is 15.0. The van der Waals surface area contributed by atoms with E-state index in [9.17, 15) is 4.79 Å². The number of methoxy groups -OCH3 is 1. The molecule has 0 amide bonds. The summed E-state index contributed by atoms with van der Waals surface area (Å²) in [4.78, 5) is 16.3. The molecule has 6 rings (SSSR count). The molecule has 4 aromatic rings. The van der Waals surface area contributed by atoms with Crippen LogP contribution in [0.25, 0.3) is 11.0 Å². The van der Waals surface area contributed by atoms with E-state index in [1.807, 2.05) is 54.1 Å². The molecule has 2 aliphatic rings. The first-order valence-electron chi connectivity index (χ1n) is 11.9. The molecule has 1 unspecified atom stereocenters. The average Bonchev–Trinajstić information content (AvgIpc) is 3.58. The molecule has 2 atom stereocenters. The standard InChI is InChI=1S/C28H25FN2O5/c1-31-22-6-4-3-5-21(22)30-28(31)36-23-12-10-20(29)27-19(23)9-11-24(27)35-17-7-8-18-16(13-26(32)33-2)15-34-25(18)14-17/h3-8,10,12,14,16,24H,9,11,13,15H2,1-2H3/t16?,24-/m1/s1. The smallest absolute Gasteiger partial charge is 0.306 e. The highest BCUT2D eigenvalue weighted by molar-refractivity contribution is 5.76. The number of aryl methyl sites for hydroxylation is 1. The molecule has 0 fully saturated rings. The molecule has 3 aromatic carbocycles. The third-order valence-electron chi connectivity index (χ3n) is 6.97. The van der Waals surface area contributed by atoms with E-state index in [1.54, 1.807) is 6.07 Å². The van der Waals surface area contributed by atoms with Crippen molar-refractivity contribution in [3.63, 3.8) is 0 Å². The van der Waals surface area contributed by atoms with E-state index >= 15 is 4.39 Å². The summed E-state index contributed by atoms with van der Waals surface area (Å²) in [6.07, 6.45) is 1.06. The van der Waals surface area contributed by atoms with Crippen LogP contribution in [-0.4, -0.2) is 29.2 Å². The van der Waals surface area contributed by atoms with E-state index in [2.05, 4.69) is 4.98 Å². The van der Waals surface area contributed by atoms with Crippen molar-refractivity contribution in [1.29, 1.82) is 0 Å². The van der Waals surface area contributed by atoms with E-state index in [1.165, 1.54) is 13.2 Å². The van der Waals surface area contributed by atoms with E-state index < -0.39 is 6.10 Å². The fraction of sp³-hybridized carbons (Fsp3) is 0.286. The van der Waals surface area contributed by atoms with E-state index in [0.29, 0.717) is 48.3 Å². The van der Waals surface area contributed by atoms with Gasteiger partial charge in [-0.05, 0) is 43.2 Å². The molecule has 0 saturated carbocycles. The number of hydrogen-bond acceptors (Lipinski definition) is 6. The minimum absolute atomic E-state index is 0.0476. The highest BCUT2D eigenvalue weighted by Crippen LogP contribution is 2.44. The summed E-state index contributed by atoms with van der Waals surface area (Å²) in [5.74, 6) is 1.21. The van der Waals surface area contributed by atoms with E-state index in [-0.39, 0.29) is 24.1 Å². The number of carbonyl (C=O) groups excluding carboxylic acids is 1. The summed E-state index contributed by atoms with van der Waals surface area (Å²) in [5, 5.41) is 0. The van der Waals surface area contributed by atoms with Gasteiger partial charge < -0.3 is 18.9 Å². The Hall–Kier alpha value is -4.07. The van der Waals surface area contributed by atoms with Crippen molar-refractivity contribution in [2.24, 2.45) is 7.05 Å². The van der Waals surface area contributed by atoms with Crippen LogP contribution < -0.4 is 14.2 Å². The number of benzene rings is 3. The fourth-order valence-electron chi connectivity index (χ4n) is 5.12. The number of ether oxygens (including phenoxy) is 4. The van der Waals surface area contributed by atoms with Crippen LogP contribution in [-0.2, 0) is 23.0 Å². The molecule has 7 nitrogen and oxygen atoms in total. The molecular formula is C28H25FN2O5. The van der Waals surface area contributed by atoms with Crippen molar-refractivity contribution >= 4 is 17.0 Å². The van der Waals surface area contributed by atoms with Crippen molar-refractivity contribution < 1.29 is 28.1 Å². The lowest BCUT2D eigenvalue weighted by atomic mass is 9.98. The zero-order valence-electron chi connectivity index (χ0n) is 20.0. The minimum Gasteiger partial charge on any atom is -0.492 e. The monoisotopic (exact) mass is 488 g/mol. The first kappa shape index (κ1) is 22.4. The van der Waals surface area contributed by atoms with Gasteiger partial charge in [-0.3, -0.25) is 9.36 Å². The molecule has 184 valence electrons. The average molecular weight is 489 g/mol. The van der Waals surface area contributed by atoms with Gasteiger partial charge in [-0.25, -0.2) is 4.39 Å². The van der Waals surface area contributed by atoms with Crippen LogP contribution in [0.1, 0.15) is 41.6 Å². The number of fused-ring (bicyclic) bond motifs is 3. The second kappa shape index (κ2) is 8.86. The summed E-state index contributed by atoms with van der Waals surface area (Å²) >= 11 is 0. The molecule has 1 aliphatic heterocycles. The molecule has 36 heavy (non-hydrogen) atoms. The molecular weight excluding hydrogens is 463 g/mol. The van der Waals surface area contributed by atoms with Gasteiger partial charge >= 0.3 is 12.0 Å². The maximum Gasteiger partial charge on any atom is 0.306 e. The number of halogens is 1. The predicted molar refractivity (Wildman–Crippen MR) is 130 cm³/mol. The highest BCUT2D eigenvalue weighted by Gasteiger charge is 2.32. The van der Waals surface area contributed by atoms with Gasteiger partial charge in [0.15, 0.2) is 0 Å². The summed E-state index contributed by atoms with van der Waals surface area (Å²) in [7, 11) is 3.27. The zero-order valence-corrected chi connectivity index (χ0v) is 20.0. The Labute approximate surface area is 207 Å². The summed E-state index contributed by atoms with van der Waals surface area (Å²) < 4.78 is 39.9. The van der Waals surface area contributed by atoms with Crippen LogP contribution in [0.4, 0.5) is 4.39 Å². The van der Waals surface area contributed by atoms with Crippen LogP contribution in [0.3, 0.4) is 0 Å². The molecule has 0 bridgehead atoms.